The molecule has 3 fully saturated rings. The van der Waals surface area contributed by atoms with E-state index < -0.39 is 0 Å². The fourth-order valence-electron chi connectivity index (χ4n) is 6.07. The monoisotopic (exact) mass is 452 g/mol. The highest BCUT2D eigenvalue weighted by Gasteiger charge is 2.30. The van der Waals surface area contributed by atoms with E-state index in [2.05, 4.69) is 23.6 Å². The number of piperazine rings is 1. The Kier molecular flexibility index (Phi) is 6.93. The molecule has 0 radical (unpaired) electrons. The summed E-state index contributed by atoms with van der Waals surface area (Å²) in [5.41, 5.74) is 0.989. The maximum atomic E-state index is 13.2. The van der Waals surface area contributed by atoms with Crippen LogP contribution in [0.2, 0.25) is 0 Å². The average Bonchev–Trinajstić information content (AvgIpc) is 3.49. The van der Waals surface area contributed by atoms with E-state index in [0.29, 0.717) is 24.2 Å². The van der Waals surface area contributed by atoms with Crippen molar-refractivity contribution in [3.05, 3.63) is 47.1 Å². The van der Waals surface area contributed by atoms with Crippen LogP contribution in [0.5, 0.6) is 5.75 Å². The van der Waals surface area contributed by atoms with Gasteiger partial charge in [-0.1, -0.05) is 0 Å². The number of ether oxygens (including phenoxy) is 1. The summed E-state index contributed by atoms with van der Waals surface area (Å²) in [6.07, 6.45) is 13.7. The molecule has 6 nitrogen and oxygen atoms in total. The van der Waals surface area contributed by atoms with Gasteiger partial charge in [0.15, 0.2) is 0 Å². The van der Waals surface area contributed by atoms with E-state index in [9.17, 15) is 4.79 Å². The van der Waals surface area contributed by atoms with Crippen LogP contribution in [0.1, 0.15) is 71.3 Å². The largest absolute Gasteiger partial charge is 0.490 e. The van der Waals surface area contributed by atoms with E-state index in [0.717, 1.165) is 37.1 Å². The van der Waals surface area contributed by atoms with Crippen LogP contribution in [0, 0.1) is 0 Å². The predicted octanol–water partition coefficient (Wildman–Crippen LogP) is 4.47. The number of hydrogen-bond acceptors (Lipinski definition) is 4. The maximum absolute atomic E-state index is 13.2. The molecule has 0 N–H and O–H groups in total. The number of imidazole rings is 1. The molecule has 1 saturated heterocycles. The summed E-state index contributed by atoms with van der Waals surface area (Å²) in [7, 11) is 0. The van der Waals surface area contributed by atoms with E-state index in [4.69, 9.17) is 4.74 Å². The summed E-state index contributed by atoms with van der Waals surface area (Å²) < 4.78 is 9.82. The van der Waals surface area contributed by atoms with Gasteiger partial charge >= 0.3 is 5.69 Å². The summed E-state index contributed by atoms with van der Waals surface area (Å²) in [6, 6.07) is 9.66. The molecule has 0 atom stereocenters. The zero-order valence-electron chi connectivity index (χ0n) is 20.4. The lowest BCUT2D eigenvalue weighted by Crippen LogP contribution is -2.52. The van der Waals surface area contributed by atoms with Gasteiger partial charge in [-0.15, -0.1) is 0 Å². The van der Waals surface area contributed by atoms with Crippen molar-refractivity contribution >= 4 is 0 Å². The minimum atomic E-state index is 0.0773. The van der Waals surface area contributed by atoms with Crippen molar-refractivity contribution in [2.75, 3.05) is 26.2 Å². The molecule has 180 valence electrons. The van der Waals surface area contributed by atoms with Crippen molar-refractivity contribution in [1.82, 2.24) is 18.9 Å². The lowest BCUT2D eigenvalue weighted by atomic mass is 9.89. The standard InChI is InChI=1S/C27H40N4O2/c1-21(2)28-15-17-29(18-16-28)22-7-9-23(10-8-22)30-19-20-31(27(30)32)24-11-13-26(14-12-24)33-25-5-3-4-6-25/h11-14,19-23,25H,3-10,15-18H2,1-2H3. The van der Waals surface area contributed by atoms with Crippen LogP contribution in [-0.4, -0.2) is 63.3 Å². The van der Waals surface area contributed by atoms with Crippen LogP contribution >= 0.6 is 0 Å². The highest BCUT2D eigenvalue weighted by Crippen LogP contribution is 2.31. The number of rotatable bonds is 6. The number of hydrogen-bond donors (Lipinski definition) is 0. The molecule has 0 amide bonds. The van der Waals surface area contributed by atoms with E-state index in [1.807, 2.05) is 41.2 Å². The summed E-state index contributed by atoms with van der Waals surface area (Å²) in [5.74, 6) is 0.908. The average molecular weight is 453 g/mol. The first-order valence-corrected chi connectivity index (χ1v) is 13.1. The lowest BCUT2D eigenvalue weighted by Gasteiger charge is -2.43. The molecule has 1 aromatic heterocycles. The van der Waals surface area contributed by atoms with Crippen molar-refractivity contribution in [2.45, 2.75) is 89.4 Å². The van der Waals surface area contributed by atoms with Gasteiger partial charge < -0.3 is 4.74 Å². The summed E-state index contributed by atoms with van der Waals surface area (Å²) in [6.45, 7) is 9.33. The van der Waals surface area contributed by atoms with Gasteiger partial charge in [-0.25, -0.2) is 4.79 Å². The van der Waals surface area contributed by atoms with E-state index in [1.54, 1.807) is 4.57 Å². The Morgan fingerprint density at radius 3 is 2.09 bits per heavy atom. The van der Waals surface area contributed by atoms with Gasteiger partial charge in [0, 0.05) is 56.7 Å². The van der Waals surface area contributed by atoms with Gasteiger partial charge in [-0.05, 0) is 89.5 Å². The topological polar surface area (TPSA) is 42.6 Å². The maximum Gasteiger partial charge on any atom is 0.332 e. The second-order valence-electron chi connectivity index (χ2n) is 10.5. The first-order chi connectivity index (χ1) is 16.1. The second-order valence-corrected chi connectivity index (χ2v) is 10.5. The number of aromatic nitrogens is 2. The molecule has 2 aliphatic carbocycles. The van der Waals surface area contributed by atoms with Crippen LogP contribution in [0.25, 0.3) is 5.69 Å². The summed E-state index contributed by atoms with van der Waals surface area (Å²) in [4.78, 5) is 18.5. The third-order valence-corrected chi connectivity index (χ3v) is 8.18. The SMILES string of the molecule is CC(C)N1CCN(C2CCC(n3ccn(-c4ccc(OC5CCCC5)cc4)c3=O)CC2)CC1. The number of nitrogens with zero attached hydrogens (tertiary/aromatic N) is 4. The molecule has 2 aromatic rings. The van der Waals surface area contributed by atoms with Gasteiger partial charge in [-0.2, -0.15) is 0 Å². The molecule has 3 aliphatic rings. The Labute approximate surface area is 198 Å². The highest BCUT2D eigenvalue weighted by molar-refractivity contribution is 5.37. The van der Waals surface area contributed by atoms with Gasteiger partial charge in [0.25, 0.3) is 0 Å². The molecule has 0 spiro atoms. The Morgan fingerprint density at radius 2 is 1.45 bits per heavy atom. The van der Waals surface area contributed by atoms with Crippen LogP contribution < -0.4 is 10.4 Å². The molecule has 2 heterocycles. The molecule has 1 aromatic carbocycles. The second kappa shape index (κ2) is 10.1. The van der Waals surface area contributed by atoms with E-state index in [-0.39, 0.29) is 5.69 Å². The van der Waals surface area contributed by atoms with Gasteiger partial charge in [0.05, 0.1) is 11.8 Å². The van der Waals surface area contributed by atoms with Crippen molar-refractivity contribution in [3.8, 4) is 11.4 Å². The third-order valence-electron chi connectivity index (χ3n) is 8.18. The van der Waals surface area contributed by atoms with Crippen LogP contribution in [-0.2, 0) is 0 Å². The van der Waals surface area contributed by atoms with Crippen LogP contribution in [0.15, 0.2) is 41.5 Å². The molecule has 1 aliphatic heterocycles. The Bertz CT molecular complexity index is 941. The normalized spacial score (nSPS) is 25.7. The predicted molar refractivity (Wildman–Crippen MR) is 132 cm³/mol. The Balaban J connectivity index is 1.17. The molecule has 6 heteroatoms. The molecule has 2 saturated carbocycles. The van der Waals surface area contributed by atoms with Gasteiger partial charge in [-0.3, -0.25) is 18.9 Å². The zero-order valence-corrected chi connectivity index (χ0v) is 20.4. The zero-order chi connectivity index (χ0) is 22.8. The summed E-state index contributed by atoms with van der Waals surface area (Å²) >= 11 is 0. The van der Waals surface area contributed by atoms with Crippen molar-refractivity contribution in [2.24, 2.45) is 0 Å². The minimum absolute atomic E-state index is 0.0773. The van der Waals surface area contributed by atoms with Crippen LogP contribution in [0.3, 0.4) is 0 Å². The molecule has 33 heavy (non-hydrogen) atoms. The molecular weight excluding hydrogens is 412 g/mol. The van der Waals surface area contributed by atoms with Crippen LogP contribution in [0.4, 0.5) is 0 Å². The van der Waals surface area contributed by atoms with E-state index in [1.165, 1.54) is 51.9 Å². The lowest BCUT2D eigenvalue weighted by molar-refractivity contribution is 0.0581. The van der Waals surface area contributed by atoms with Crippen molar-refractivity contribution in [1.29, 1.82) is 0 Å². The first kappa shape index (κ1) is 22.7. The quantitative estimate of drug-likeness (QED) is 0.649. The van der Waals surface area contributed by atoms with Gasteiger partial charge in [0.1, 0.15) is 5.75 Å². The van der Waals surface area contributed by atoms with Gasteiger partial charge in [0.2, 0.25) is 0 Å². The smallest absolute Gasteiger partial charge is 0.332 e. The summed E-state index contributed by atoms with van der Waals surface area (Å²) in [5, 5.41) is 0. The first-order valence-electron chi connectivity index (χ1n) is 13.1. The fourth-order valence-corrected chi connectivity index (χ4v) is 6.07. The Morgan fingerprint density at radius 1 is 0.818 bits per heavy atom. The van der Waals surface area contributed by atoms with Crippen molar-refractivity contribution in [3.63, 3.8) is 0 Å². The molecule has 5 rings (SSSR count). The molecular formula is C27H40N4O2. The Hall–Kier alpha value is -2.05. The molecule has 0 bridgehead atoms. The van der Waals surface area contributed by atoms with Crippen molar-refractivity contribution < 1.29 is 4.74 Å². The highest BCUT2D eigenvalue weighted by atomic mass is 16.5. The number of benzene rings is 1. The third kappa shape index (κ3) is 5.07. The minimum Gasteiger partial charge on any atom is -0.490 e. The van der Waals surface area contributed by atoms with E-state index >= 15 is 0 Å². The molecule has 0 unspecified atom stereocenters. The fraction of sp³-hybridized carbons (Fsp3) is 0.667.